The Balaban J connectivity index is 1.74. The third kappa shape index (κ3) is 6.28. The topological polar surface area (TPSA) is 70.3 Å². The molecule has 0 aliphatic carbocycles. The van der Waals surface area contributed by atoms with Gasteiger partial charge in [0, 0.05) is 16.3 Å². The number of ether oxygens (including phenoxy) is 2. The second-order valence-electron chi connectivity index (χ2n) is 9.81. The number of nitrogens with zero attached hydrogens (tertiary/aromatic N) is 3. The van der Waals surface area contributed by atoms with Gasteiger partial charge in [0.05, 0.1) is 0 Å². The fourth-order valence-electron chi connectivity index (χ4n) is 3.77. The lowest BCUT2D eigenvalue weighted by Gasteiger charge is -2.33. The Kier molecular flexibility index (Phi) is 8.85. The molecule has 4 aromatic rings. The van der Waals surface area contributed by atoms with Crippen LogP contribution in [0, 0.1) is 0 Å². The number of fused-ring (bicyclic) bond motifs is 3. The Morgan fingerprint density at radius 3 is 1.37 bits per heavy atom. The Morgan fingerprint density at radius 1 is 0.490 bits per heavy atom. The summed E-state index contributed by atoms with van der Waals surface area (Å²) in [7, 11) is 0. The van der Waals surface area contributed by atoms with Crippen molar-refractivity contribution in [1.82, 2.24) is 15.0 Å². The van der Waals surface area contributed by atoms with Crippen LogP contribution in [0.2, 0.25) is 0 Å². The number of para-hydroxylation sites is 1. The van der Waals surface area contributed by atoms with Crippen molar-refractivity contribution < 1.29 is 92.9 Å². The van der Waals surface area contributed by atoms with E-state index in [1.165, 1.54) is 12.1 Å². The highest BCUT2D eigenvalue weighted by Gasteiger charge is 2.83. The molecule has 0 amide bonds. The molecular weight excluding hydrogens is 732 g/mol. The van der Waals surface area contributed by atoms with Crippen LogP contribution in [-0.2, 0) is 0 Å². The highest BCUT2D eigenvalue weighted by atomic mass is 19.4. The first kappa shape index (κ1) is 37.4. The van der Waals surface area contributed by atoms with E-state index >= 15 is 0 Å². The van der Waals surface area contributed by atoms with Gasteiger partial charge in [-0.2, -0.15) is 89.0 Å². The summed E-state index contributed by atoms with van der Waals surface area (Å²) in [6.45, 7) is -6.24. The van der Waals surface area contributed by atoms with E-state index in [4.69, 9.17) is 4.42 Å². The van der Waals surface area contributed by atoms with Crippen molar-refractivity contribution >= 4 is 21.9 Å². The number of rotatable bonds is 11. The van der Waals surface area contributed by atoms with Crippen molar-refractivity contribution in [2.75, 3.05) is 13.2 Å². The van der Waals surface area contributed by atoms with E-state index < -0.39 is 84.5 Å². The molecule has 0 N–H and O–H groups in total. The molecule has 0 fully saturated rings. The molecule has 0 saturated heterocycles. The molecule has 0 spiro atoms. The third-order valence-corrected chi connectivity index (χ3v) is 6.42. The number of halogens is 18. The van der Waals surface area contributed by atoms with Gasteiger partial charge in [-0.25, -0.2) is 0 Å². The van der Waals surface area contributed by atoms with Crippen LogP contribution in [0.25, 0.3) is 33.3 Å². The zero-order chi connectivity index (χ0) is 37.2. The van der Waals surface area contributed by atoms with Crippen LogP contribution < -0.4 is 9.47 Å². The summed E-state index contributed by atoms with van der Waals surface area (Å²) in [5.41, 5.74) is -0.175. The number of furan rings is 1. The van der Waals surface area contributed by atoms with Crippen LogP contribution in [0.1, 0.15) is 0 Å². The van der Waals surface area contributed by atoms with E-state index in [2.05, 4.69) is 24.4 Å². The Hall–Kier alpha value is -4.41. The number of hydrogen-bond donors (Lipinski definition) is 0. The van der Waals surface area contributed by atoms with Gasteiger partial charge in [0.2, 0.25) is 0 Å². The van der Waals surface area contributed by atoms with Crippen LogP contribution in [0.15, 0.2) is 46.9 Å². The highest BCUT2D eigenvalue weighted by Crippen LogP contribution is 2.54. The van der Waals surface area contributed by atoms with Crippen molar-refractivity contribution in [3.63, 3.8) is 0 Å². The van der Waals surface area contributed by atoms with Gasteiger partial charge in [0.25, 0.3) is 0 Å². The molecule has 0 aliphatic heterocycles. The molecule has 2 aromatic heterocycles. The van der Waals surface area contributed by atoms with Gasteiger partial charge >= 0.3 is 59.9 Å². The molecule has 0 bridgehead atoms. The van der Waals surface area contributed by atoms with E-state index in [0.29, 0.717) is 10.8 Å². The molecular formula is C25H11F18N3O3. The van der Waals surface area contributed by atoms with E-state index in [0.717, 1.165) is 12.1 Å². The van der Waals surface area contributed by atoms with Crippen LogP contribution in [0.5, 0.6) is 12.0 Å². The smallest absolute Gasteiger partial charge is 0.457 e. The Labute approximate surface area is 257 Å². The molecule has 0 atom stereocenters. The summed E-state index contributed by atoms with van der Waals surface area (Å²) in [4.78, 5) is 9.32. The maximum atomic E-state index is 14.0. The Morgan fingerprint density at radius 2 is 0.918 bits per heavy atom. The summed E-state index contributed by atoms with van der Waals surface area (Å²) in [5, 5.41) is 0.853. The van der Waals surface area contributed by atoms with Gasteiger partial charge in [-0.3, -0.25) is 0 Å². The molecule has 2 aromatic carbocycles. The first-order valence-electron chi connectivity index (χ1n) is 12.4. The van der Waals surface area contributed by atoms with E-state index in [1.54, 1.807) is 18.2 Å². The summed E-state index contributed by atoms with van der Waals surface area (Å²) in [5.74, 6) is -43.1. The minimum absolute atomic E-state index is 0.0369. The van der Waals surface area contributed by atoms with Gasteiger partial charge in [0.15, 0.2) is 19.0 Å². The Bertz CT molecular complexity index is 1760. The second kappa shape index (κ2) is 11.6. The number of alkyl halides is 18. The van der Waals surface area contributed by atoms with Gasteiger partial charge in [0.1, 0.15) is 11.2 Å². The van der Waals surface area contributed by atoms with E-state index in [-0.39, 0.29) is 11.2 Å². The minimum Gasteiger partial charge on any atom is -0.457 e. The zero-order valence-corrected chi connectivity index (χ0v) is 22.8. The van der Waals surface area contributed by atoms with Crippen LogP contribution >= 0.6 is 0 Å². The van der Waals surface area contributed by atoms with Crippen molar-refractivity contribution in [1.29, 1.82) is 0 Å². The van der Waals surface area contributed by atoms with Gasteiger partial charge < -0.3 is 13.9 Å². The fourth-order valence-corrected chi connectivity index (χ4v) is 3.77. The largest absolute Gasteiger partial charge is 0.460 e. The number of aromatic nitrogens is 3. The molecule has 0 unspecified atom stereocenters. The molecule has 2 heterocycles. The van der Waals surface area contributed by atoms with Crippen molar-refractivity contribution in [2.45, 2.75) is 47.9 Å². The second-order valence-corrected chi connectivity index (χ2v) is 9.81. The maximum Gasteiger partial charge on any atom is 0.460 e. The van der Waals surface area contributed by atoms with Crippen LogP contribution in [0.3, 0.4) is 0 Å². The lowest BCUT2D eigenvalue weighted by molar-refractivity contribution is -0.398. The van der Waals surface area contributed by atoms with Crippen LogP contribution in [-0.4, -0.2) is 76.1 Å². The number of hydrogen-bond acceptors (Lipinski definition) is 6. The van der Waals surface area contributed by atoms with Gasteiger partial charge in [-0.15, -0.1) is 4.98 Å². The molecule has 0 radical (unpaired) electrons. The van der Waals surface area contributed by atoms with Crippen molar-refractivity contribution in [3.8, 4) is 23.4 Å². The van der Waals surface area contributed by atoms with Crippen molar-refractivity contribution in [3.05, 3.63) is 42.5 Å². The predicted molar refractivity (Wildman–Crippen MR) is 125 cm³/mol. The first-order valence-corrected chi connectivity index (χ1v) is 12.4. The highest BCUT2D eigenvalue weighted by molar-refractivity contribution is 6.05. The lowest BCUT2D eigenvalue weighted by Crippen LogP contribution is -2.62. The molecule has 0 saturated carbocycles. The van der Waals surface area contributed by atoms with E-state index in [9.17, 15) is 79.0 Å². The molecule has 0 aliphatic rings. The fraction of sp³-hybridized carbons (Fsp3) is 0.400. The summed E-state index contributed by atoms with van der Waals surface area (Å²) < 4.78 is 252. The maximum absolute atomic E-state index is 14.0. The van der Waals surface area contributed by atoms with Gasteiger partial charge in [-0.1, -0.05) is 24.3 Å². The van der Waals surface area contributed by atoms with Crippen LogP contribution in [0.4, 0.5) is 79.0 Å². The average molecular weight is 743 g/mol. The molecule has 6 nitrogen and oxygen atoms in total. The first-order chi connectivity index (χ1) is 22.1. The molecule has 24 heteroatoms. The quantitative estimate of drug-likeness (QED) is 0.143. The van der Waals surface area contributed by atoms with E-state index in [1.807, 2.05) is 0 Å². The standard InChI is InChI=1S/C25H11F18N3O3/c26-18(27,20(30,31)22(34,35)24(38,39)40)8-47-16-44-15(10-5-6-12-11-3-1-2-4-13(11)49-14(12)7-10)45-17(46-16)48-9-19(28,29)21(32,33)23(36,37)25(41,42)43/h1-7H,8-9H2. The number of benzene rings is 2. The van der Waals surface area contributed by atoms with Crippen molar-refractivity contribution in [2.24, 2.45) is 0 Å². The summed E-state index contributed by atoms with van der Waals surface area (Å²) in [6, 6.07) is 5.80. The molecule has 270 valence electrons. The SMILES string of the molecule is FC(F)(F)C(F)(F)C(F)(F)C(F)(F)COc1nc(OCC(F)(F)C(F)(F)C(F)(F)C(F)(F)F)nc(-c2ccc3c(c2)oc2ccccc23)n1. The normalized spacial score (nSPS) is 14.5. The predicted octanol–water partition coefficient (Wildman–Crippen LogP) is 9.13. The lowest BCUT2D eigenvalue weighted by atomic mass is 10.0. The molecule has 4 rings (SSSR count). The summed E-state index contributed by atoms with van der Waals surface area (Å²) in [6.07, 6.45) is -14.5. The third-order valence-electron chi connectivity index (χ3n) is 6.42. The monoisotopic (exact) mass is 743 g/mol. The molecule has 49 heavy (non-hydrogen) atoms. The minimum atomic E-state index is -7.37. The summed E-state index contributed by atoms with van der Waals surface area (Å²) >= 11 is 0. The zero-order valence-electron chi connectivity index (χ0n) is 22.8. The average Bonchev–Trinajstić information content (AvgIpc) is 3.35. The van der Waals surface area contributed by atoms with Gasteiger partial charge in [-0.05, 0) is 18.2 Å².